The Kier molecular flexibility index (Phi) is 7.09. The maximum absolute atomic E-state index is 5.45. The average Bonchev–Trinajstić information content (AvgIpc) is 3.29. The van der Waals surface area contributed by atoms with Gasteiger partial charge in [-0.3, -0.25) is 0 Å². The van der Waals surface area contributed by atoms with Crippen molar-refractivity contribution in [2.45, 2.75) is 26.9 Å². The van der Waals surface area contributed by atoms with Gasteiger partial charge in [-0.15, -0.1) is 0 Å². The summed E-state index contributed by atoms with van der Waals surface area (Å²) < 4.78 is 10.8. The van der Waals surface area contributed by atoms with Crippen molar-refractivity contribution in [3.05, 3.63) is 47.7 Å². The van der Waals surface area contributed by atoms with E-state index in [0.29, 0.717) is 13.1 Å². The molecule has 31 heavy (non-hydrogen) atoms. The number of aromatic nitrogens is 1. The predicted molar refractivity (Wildman–Crippen MR) is 123 cm³/mol. The number of likely N-dealkylation sites (N-methyl/N-ethyl adjacent to an activating group) is 1. The lowest BCUT2D eigenvalue weighted by atomic mass is 10.2. The summed E-state index contributed by atoms with van der Waals surface area (Å²) in [5.74, 6) is 3.42. The minimum atomic E-state index is 0.290. The number of guanidine groups is 1. The van der Waals surface area contributed by atoms with Gasteiger partial charge in [-0.25, -0.2) is 9.98 Å². The van der Waals surface area contributed by atoms with Crippen LogP contribution in [0.3, 0.4) is 0 Å². The molecular formula is C23H32N6O2. The van der Waals surface area contributed by atoms with Crippen molar-refractivity contribution in [1.82, 2.24) is 20.5 Å². The van der Waals surface area contributed by atoms with E-state index < -0.39 is 0 Å². The number of ether oxygens (including phenoxy) is 2. The standard InChI is InChI=1S/C23H32N6O2/c1-3-24-23(26-14-18-5-7-20-21(13-18)31-17-30-20)27-16-19-6-8-22(25-15-19)29-11-9-28(4-2)10-12-29/h5-8,13,15H,3-4,9-12,14,16-17H2,1-2H3,(H2,24,26,27). The number of piperazine rings is 1. The van der Waals surface area contributed by atoms with Crippen molar-refractivity contribution in [2.24, 2.45) is 4.99 Å². The number of anilines is 1. The molecule has 0 bridgehead atoms. The quantitative estimate of drug-likeness (QED) is 0.521. The second-order valence-corrected chi connectivity index (χ2v) is 7.68. The van der Waals surface area contributed by atoms with Gasteiger partial charge in [0.2, 0.25) is 6.79 Å². The van der Waals surface area contributed by atoms with Crippen LogP contribution in [0.15, 0.2) is 41.5 Å². The van der Waals surface area contributed by atoms with Gasteiger partial charge in [-0.1, -0.05) is 19.1 Å². The van der Waals surface area contributed by atoms with Gasteiger partial charge >= 0.3 is 0 Å². The Balaban J connectivity index is 1.31. The molecule has 0 radical (unpaired) electrons. The molecule has 0 saturated carbocycles. The number of nitrogens with zero attached hydrogens (tertiary/aromatic N) is 4. The van der Waals surface area contributed by atoms with Crippen molar-refractivity contribution in [3.63, 3.8) is 0 Å². The third-order valence-corrected chi connectivity index (χ3v) is 5.61. The van der Waals surface area contributed by atoms with Gasteiger partial charge in [-0.05, 0) is 42.8 Å². The summed E-state index contributed by atoms with van der Waals surface area (Å²) in [6, 6.07) is 10.2. The van der Waals surface area contributed by atoms with Gasteiger partial charge in [-0.2, -0.15) is 0 Å². The predicted octanol–water partition coefficient (Wildman–Crippen LogP) is 2.21. The molecule has 2 N–H and O–H groups in total. The van der Waals surface area contributed by atoms with Gasteiger partial charge in [0.15, 0.2) is 17.5 Å². The van der Waals surface area contributed by atoms with Crippen molar-refractivity contribution in [2.75, 3.05) is 51.0 Å². The Morgan fingerprint density at radius 3 is 2.55 bits per heavy atom. The number of hydrogen-bond acceptors (Lipinski definition) is 6. The lowest BCUT2D eigenvalue weighted by Gasteiger charge is -2.34. The van der Waals surface area contributed by atoms with Crippen molar-refractivity contribution < 1.29 is 9.47 Å². The molecule has 8 nitrogen and oxygen atoms in total. The molecule has 4 rings (SSSR count). The Hall–Kier alpha value is -3.00. The van der Waals surface area contributed by atoms with Crippen LogP contribution in [-0.2, 0) is 13.1 Å². The summed E-state index contributed by atoms with van der Waals surface area (Å²) in [6.07, 6.45) is 1.94. The summed E-state index contributed by atoms with van der Waals surface area (Å²) in [5.41, 5.74) is 2.21. The zero-order chi connectivity index (χ0) is 21.5. The highest BCUT2D eigenvalue weighted by Gasteiger charge is 2.16. The molecule has 2 aromatic rings. The van der Waals surface area contributed by atoms with Crippen LogP contribution >= 0.6 is 0 Å². The van der Waals surface area contributed by atoms with Crippen LogP contribution in [0.2, 0.25) is 0 Å². The fourth-order valence-electron chi connectivity index (χ4n) is 3.74. The maximum Gasteiger partial charge on any atom is 0.231 e. The number of nitrogens with one attached hydrogen (secondary N) is 2. The second-order valence-electron chi connectivity index (χ2n) is 7.68. The second kappa shape index (κ2) is 10.3. The maximum atomic E-state index is 5.45. The largest absolute Gasteiger partial charge is 0.454 e. The molecule has 0 amide bonds. The van der Waals surface area contributed by atoms with E-state index in [1.807, 2.05) is 24.4 Å². The van der Waals surface area contributed by atoms with E-state index in [9.17, 15) is 0 Å². The molecular weight excluding hydrogens is 392 g/mol. The van der Waals surface area contributed by atoms with Crippen LogP contribution in [0.4, 0.5) is 5.82 Å². The molecule has 3 heterocycles. The lowest BCUT2D eigenvalue weighted by molar-refractivity contribution is 0.174. The first-order valence-electron chi connectivity index (χ1n) is 11.1. The van der Waals surface area contributed by atoms with Gasteiger partial charge in [0.1, 0.15) is 5.82 Å². The smallest absolute Gasteiger partial charge is 0.231 e. The Bertz CT molecular complexity index is 878. The van der Waals surface area contributed by atoms with E-state index in [4.69, 9.17) is 14.5 Å². The third-order valence-electron chi connectivity index (χ3n) is 5.61. The van der Waals surface area contributed by atoms with E-state index in [1.54, 1.807) is 0 Å². The van der Waals surface area contributed by atoms with E-state index in [0.717, 1.165) is 73.7 Å². The summed E-state index contributed by atoms with van der Waals surface area (Å²) in [7, 11) is 0. The molecule has 0 aliphatic carbocycles. The van der Waals surface area contributed by atoms with E-state index in [2.05, 4.69) is 51.4 Å². The summed E-state index contributed by atoms with van der Waals surface area (Å²) in [4.78, 5) is 14.2. The summed E-state index contributed by atoms with van der Waals surface area (Å²) in [5, 5.41) is 6.68. The summed E-state index contributed by atoms with van der Waals surface area (Å²) in [6.45, 7) is 12.0. The van der Waals surface area contributed by atoms with Crippen LogP contribution in [0.1, 0.15) is 25.0 Å². The molecule has 0 unspecified atom stereocenters. The summed E-state index contributed by atoms with van der Waals surface area (Å²) >= 11 is 0. The number of hydrogen-bond donors (Lipinski definition) is 2. The first-order valence-corrected chi connectivity index (χ1v) is 11.1. The molecule has 0 spiro atoms. The van der Waals surface area contributed by atoms with Crippen LogP contribution in [-0.4, -0.2) is 61.9 Å². The van der Waals surface area contributed by atoms with Gasteiger partial charge in [0.05, 0.1) is 6.54 Å². The van der Waals surface area contributed by atoms with Crippen LogP contribution in [0, 0.1) is 0 Å². The van der Waals surface area contributed by atoms with Crippen LogP contribution in [0.25, 0.3) is 0 Å². The van der Waals surface area contributed by atoms with Gasteiger partial charge < -0.3 is 29.9 Å². The Morgan fingerprint density at radius 1 is 1.00 bits per heavy atom. The zero-order valence-electron chi connectivity index (χ0n) is 18.4. The number of fused-ring (bicyclic) bond motifs is 1. The SMILES string of the molecule is CCNC(=NCc1ccc(N2CCN(CC)CC2)nc1)NCc1ccc2c(c1)OCO2. The number of pyridine rings is 1. The lowest BCUT2D eigenvalue weighted by Crippen LogP contribution is -2.46. The monoisotopic (exact) mass is 424 g/mol. The molecule has 1 aromatic carbocycles. The molecule has 1 saturated heterocycles. The molecule has 166 valence electrons. The first-order chi connectivity index (χ1) is 15.2. The third kappa shape index (κ3) is 5.58. The molecule has 1 aromatic heterocycles. The van der Waals surface area contributed by atoms with E-state index in [-0.39, 0.29) is 6.79 Å². The highest BCUT2D eigenvalue weighted by atomic mass is 16.7. The van der Waals surface area contributed by atoms with Crippen molar-refractivity contribution >= 4 is 11.8 Å². The fourth-order valence-corrected chi connectivity index (χ4v) is 3.74. The Labute approximate surface area is 184 Å². The first kappa shape index (κ1) is 21.2. The van der Waals surface area contributed by atoms with Gasteiger partial charge in [0, 0.05) is 45.5 Å². The highest BCUT2D eigenvalue weighted by Crippen LogP contribution is 2.32. The van der Waals surface area contributed by atoms with Gasteiger partial charge in [0.25, 0.3) is 0 Å². The number of aliphatic imine (C=N–C) groups is 1. The topological polar surface area (TPSA) is 74.3 Å². The zero-order valence-corrected chi connectivity index (χ0v) is 18.4. The molecule has 8 heteroatoms. The van der Waals surface area contributed by atoms with E-state index in [1.165, 1.54) is 0 Å². The number of benzene rings is 1. The molecule has 1 fully saturated rings. The fraction of sp³-hybridized carbons (Fsp3) is 0.478. The normalized spacial score (nSPS) is 16.5. The minimum absolute atomic E-state index is 0.290. The highest BCUT2D eigenvalue weighted by molar-refractivity contribution is 5.79. The van der Waals surface area contributed by atoms with Crippen molar-refractivity contribution in [3.8, 4) is 11.5 Å². The number of rotatable bonds is 7. The average molecular weight is 425 g/mol. The minimum Gasteiger partial charge on any atom is -0.454 e. The Morgan fingerprint density at radius 2 is 1.81 bits per heavy atom. The van der Waals surface area contributed by atoms with Crippen molar-refractivity contribution in [1.29, 1.82) is 0 Å². The molecule has 0 atom stereocenters. The molecule has 2 aliphatic heterocycles. The van der Waals surface area contributed by atoms with E-state index >= 15 is 0 Å². The molecule has 2 aliphatic rings. The van der Waals surface area contributed by atoms with Crippen LogP contribution in [0.5, 0.6) is 11.5 Å². The van der Waals surface area contributed by atoms with Crippen LogP contribution < -0.4 is 25.0 Å².